The topological polar surface area (TPSA) is 125 Å². The number of carboxylic acids is 1. The highest BCUT2D eigenvalue weighted by molar-refractivity contribution is 6.30. The lowest BCUT2D eigenvalue weighted by Gasteiger charge is -2.39. The number of halogens is 2. The molecule has 1 aromatic carbocycles. The first-order valence-electron chi connectivity index (χ1n) is 14.4. The summed E-state index contributed by atoms with van der Waals surface area (Å²) < 4.78 is 33.5. The first-order valence-corrected chi connectivity index (χ1v) is 14.7. The maximum atomic E-state index is 14.0. The number of likely N-dealkylation sites (tertiary alicyclic amines) is 1. The predicted octanol–water partition coefficient (Wildman–Crippen LogP) is 4.90. The minimum atomic E-state index is -0.958. The number of benzene rings is 1. The van der Waals surface area contributed by atoms with Crippen molar-refractivity contribution in [1.29, 1.82) is 0 Å². The van der Waals surface area contributed by atoms with E-state index in [4.69, 9.17) is 30.8 Å². The van der Waals surface area contributed by atoms with E-state index >= 15 is 0 Å². The van der Waals surface area contributed by atoms with Crippen LogP contribution in [-0.4, -0.2) is 71.9 Å². The van der Waals surface area contributed by atoms with Gasteiger partial charge in [0.25, 0.3) is 5.88 Å². The van der Waals surface area contributed by atoms with Crippen molar-refractivity contribution >= 4 is 28.6 Å². The molecule has 0 spiro atoms. The van der Waals surface area contributed by atoms with Crippen LogP contribution in [0.2, 0.25) is 5.02 Å². The van der Waals surface area contributed by atoms with Crippen molar-refractivity contribution in [3.63, 3.8) is 0 Å². The summed E-state index contributed by atoms with van der Waals surface area (Å²) in [7, 11) is 0. The maximum absolute atomic E-state index is 14.0. The number of carbonyl (C=O) groups is 1. The van der Waals surface area contributed by atoms with Gasteiger partial charge < -0.3 is 23.9 Å². The van der Waals surface area contributed by atoms with Crippen LogP contribution in [0.15, 0.2) is 42.7 Å². The average molecular weight is 611 g/mol. The fourth-order valence-electron chi connectivity index (χ4n) is 5.57. The second kappa shape index (κ2) is 12.8. The molecule has 0 radical (unpaired) electrons. The van der Waals surface area contributed by atoms with Gasteiger partial charge in [0.05, 0.1) is 40.8 Å². The highest BCUT2D eigenvalue weighted by atomic mass is 35.5. The number of ether oxygens (including phenoxy) is 3. The van der Waals surface area contributed by atoms with Crippen molar-refractivity contribution in [2.45, 2.75) is 70.6 Å². The van der Waals surface area contributed by atoms with Gasteiger partial charge in [0.2, 0.25) is 5.88 Å². The number of hydrogen-bond acceptors (Lipinski definition) is 9. The van der Waals surface area contributed by atoms with Crippen LogP contribution in [-0.2, 0) is 24.4 Å². The molecule has 0 bridgehead atoms. The molecule has 0 amide bonds. The van der Waals surface area contributed by atoms with E-state index in [0.29, 0.717) is 24.8 Å². The van der Waals surface area contributed by atoms with Crippen LogP contribution in [0.4, 0.5) is 4.39 Å². The van der Waals surface area contributed by atoms with E-state index in [2.05, 4.69) is 31.3 Å². The third-order valence-corrected chi connectivity index (χ3v) is 8.15. The molecule has 2 saturated heterocycles. The Morgan fingerprint density at radius 2 is 2.07 bits per heavy atom. The number of rotatable bonds is 11. The maximum Gasteiger partial charge on any atom is 0.335 e. The Labute approximate surface area is 252 Å². The molecular weight excluding hydrogens is 579 g/mol. The second-order valence-electron chi connectivity index (χ2n) is 10.8. The predicted molar refractivity (Wildman–Crippen MR) is 155 cm³/mol. The molecule has 3 atom stereocenters. The van der Waals surface area contributed by atoms with Crippen molar-refractivity contribution in [2.75, 3.05) is 13.2 Å². The molecule has 226 valence electrons. The average Bonchev–Trinajstić information content (AvgIpc) is 3.31. The van der Waals surface area contributed by atoms with Crippen LogP contribution < -0.4 is 9.47 Å². The van der Waals surface area contributed by atoms with E-state index < -0.39 is 11.8 Å². The molecule has 0 saturated carbocycles. The van der Waals surface area contributed by atoms with Gasteiger partial charge in [0.15, 0.2) is 11.6 Å². The number of fused-ring (bicyclic) bond motifs is 1. The third kappa shape index (κ3) is 6.71. The van der Waals surface area contributed by atoms with Crippen molar-refractivity contribution in [2.24, 2.45) is 0 Å². The smallest absolute Gasteiger partial charge is 0.335 e. The van der Waals surface area contributed by atoms with Crippen LogP contribution in [0.3, 0.4) is 0 Å². The highest BCUT2D eigenvalue weighted by Crippen LogP contribution is 2.28. The van der Waals surface area contributed by atoms with Gasteiger partial charge in [-0.2, -0.15) is 4.98 Å². The van der Waals surface area contributed by atoms with Gasteiger partial charge in [-0.05, 0) is 49.9 Å². The van der Waals surface area contributed by atoms with Crippen molar-refractivity contribution in [1.82, 2.24) is 29.4 Å². The highest BCUT2D eigenvalue weighted by Gasteiger charge is 2.31. The van der Waals surface area contributed by atoms with Gasteiger partial charge in [-0.25, -0.2) is 24.1 Å². The Morgan fingerprint density at radius 3 is 2.81 bits per heavy atom. The summed E-state index contributed by atoms with van der Waals surface area (Å²) in [5.41, 5.74) is 1.84. The third-order valence-electron chi connectivity index (χ3n) is 7.94. The quantitative estimate of drug-likeness (QED) is 0.251. The van der Waals surface area contributed by atoms with Crippen molar-refractivity contribution in [3.05, 3.63) is 70.8 Å². The van der Waals surface area contributed by atoms with Gasteiger partial charge in [0.1, 0.15) is 18.5 Å². The number of carboxylic acid groups (broad SMARTS) is 1. The first kappa shape index (κ1) is 29.2. The first-order chi connectivity index (χ1) is 20.9. The van der Waals surface area contributed by atoms with Gasteiger partial charge in [-0.1, -0.05) is 18.5 Å². The molecule has 43 heavy (non-hydrogen) atoms. The fourth-order valence-corrected chi connectivity index (χ4v) is 5.72. The van der Waals surface area contributed by atoms with Crippen LogP contribution in [0.1, 0.15) is 54.6 Å². The monoisotopic (exact) mass is 610 g/mol. The minimum Gasteiger partial charge on any atom is -0.478 e. The number of imidazole rings is 1. The van der Waals surface area contributed by atoms with Gasteiger partial charge >= 0.3 is 5.97 Å². The number of pyridine rings is 1. The number of aromatic nitrogens is 5. The zero-order valence-electron chi connectivity index (χ0n) is 23.7. The molecule has 11 nitrogen and oxygen atoms in total. The summed E-state index contributed by atoms with van der Waals surface area (Å²) in [6.07, 6.45) is 6.47. The zero-order chi connectivity index (χ0) is 29.9. The molecule has 2 fully saturated rings. The minimum absolute atomic E-state index is 0.0411. The Bertz CT molecular complexity index is 1620. The standard InChI is InChI=1S/C30H32ClFN6O5/c1-2-20-13-21(43-28-5-8-33-26(36-28)17-42-29-23(32)12-19(31)14-34-29)6-9-37(20)16-27-35-24-4-3-18(30(39)40)11-25(24)38(27)15-22-7-10-41-22/h3-5,8,11-12,14,20-22H,2,6-7,9-10,13,15-17H2,1H3,(H,39,40)/t20-,21-,22?/m1/s1. The van der Waals surface area contributed by atoms with Crippen molar-refractivity contribution < 1.29 is 28.5 Å². The van der Waals surface area contributed by atoms with E-state index in [0.717, 1.165) is 61.8 Å². The van der Waals surface area contributed by atoms with E-state index in [9.17, 15) is 14.3 Å². The van der Waals surface area contributed by atoms with Crippen LogP contribution in [0.25, 0.3) is 11.0 Å². The lowest BCUT2D eigenvalue weighted by Crippen LogP contribution is -2.45. The number of nitrogens with zero attached hydrogens (tertiary/aromatic N) is 6. The largest absolute Gasteiger partial charge is 0.478 e. The summed E-state index contributed by atoms with van der Waals surface area (Å²) in [6, 6.07) is 8.17. The summed E-state index contributed by atoms with van der Waals surface area (Å²) in [5, 5.41) is 9.72. The van der Waals surface area contributed by atoms with E-state index in [1.165, 1.54) is 6.20 Å². The molecule has 1 unspecified atom stereocenters. The molecule has 1 N–H and O–H groups in total. The van der Waals surface area contributed by atoms with Gasteiger partial charge in [-0.3, -0.25) is 4.90 Å². The lowest BCUT2D eigenvalue weighted by molar-refractivity contribution is -0.0593. The Hall–Kier alpha value is -3.87. The Balaban J connectivity index is 1.11. The van der Waals surface area contributed by atoms with E-state index in [1.807, 2.05) is 0 Å². The summed E-state index contributed by atoms with van der Waals surface area (Å²) in [5.74, 6) is -0.109. The molecule has 13 heteroatoms. The van der Waals surface area contributed by atoms with E-state index in [-0.39, 0.29) is 41.3 Å². The van der Waals surface area contributed by atoms with Gasteiger partial charge in [0, 0.05) is 37.7 Å². The normalized spacial score (nSPS) is 20.6. The van der Waals surface area contributed by atoms with Gasteiger partial charge in [-0.15, -0.1) is 0 Å². The summed E-state index contributed by atoms with van der Waals surface area (Å²) in [6.45, 7) is 4.92. The summed E-state index contributed by atoms with van der Waals surface area (Å²) >= 11 is 5.75. The summed E-state index contributed by atoms with van der Waals surface area (Å²) in [4.78, 5) is 31.5. The number of hydrogen-bond donors (Lipinski definition) is 1. The van der Waals surface area contributed by atoms with E-state index in [1.54, 1.807) is 30.5 Å². The van der Waals surface area contributed by atoms with Crippen LogP contribution in [0.5, 0.6) is 11.8 Å². The lowest BCUT2D eigenvalue weighted by atomic mass is 9.97. The number of aromatic carboxylic acids is 1. The molecule has 4 aromatic rings. The Morgan fingerprint density at radius 1 is 1.21 bits per heavy atom. The molecule has 6 rings (SSSR count). The SMILES string of the molecule is CC[C@@H]1C[C@H](Oc2ccnc(COc3ncc(Cl)cc3F)n2)CCN1Cc1nc2ccc(C(=O)O)cc2n1CC1CCO1. The second-order valence-corrected chi connectivity index (χ2v) is 11.2. The van der Waals surface area contributed by atoms with Crippen LogP contribution in [0, 0.1) is 5.82 Å². The van der Waals surface area contributed by atoms with Crippen molar-refractivity contribution in [3.8, 4) is 11.8 Å². The van der Waals surface area contributed by atoms with Crippen LogP contribution >= 0.6 is 11.6 Å². The molecule has 5 heterocycles. The molecule has 2 aliphatic rings. The zero-order valence-corrected chi connectivity index (χ0v) is 24.4. The molecular formula is C30H32ClFN6O5. The molecule has 3 aromatic heterocycles. The number of piperidine rings is 1. The molecule has 2 aliphatic heterocycles. The Kier molecular flexibility index (Phi) is 8.68. The molecule has 0 aliphatic carbocycles. The fraction of sp³-hybridized carbons (Fsp3) is 0.433.